The Bertz CT molecular complexity index is 730. The lowest BCUT2D eigenvalue weighted by atomic mass is 9.96. The summed E-state index contributed by atoms with van der Waals surface area (Å²) in [5.41, 5.74) is 0.398. The van der Waals surface area contributed by atoms with Crippen molar-refractivity contribution in [1.82, 2.24) is 14.5 Å². The number of amides is 1. The number of aryl methyl sites for hydroxylation is 3. The fraction of sp³-hybridized carbons (Fsp3) is 0.467. The Kier molecular flexibility index (Phi) is 4.09. The molecule has 0 N–H and O–H groups in total. The molecule has 0 aliphatic carbocycles. The third-order valence-electron chi connectivity index (χ3n) is 2.81. The van der Waals surface area contributed by atoms with Gasteiger partial charge in [-0.3, -0.25) is 9.36 Å². The van der Waals surface area contributed by atoms with E-state index in [4.69, 9.17) is 0 Å². The first kappa shape index (κ1) is 15.6. The summed E-state index contributed by atoms with van der Waals surface area (Å²) in [5.74, 6) is 1.31. The lowest BCUT2D eigenvalue weighted by molar-refractivity contribution is -0.125. The summed E-state index contributed by atoms with van der Waals surface area (Å²) >= 11 is 1.48. The highest BCUT2D eigenvalue weighted by molar-refractivity contribution is 7.09. The van der Waals surface area contributed by atoms with Crippen molar-refractivity contribution in [2.24, 2.45) is 10.4 Å². The van der Waals surface area contributed by atoms with Crippen LogP contribution < -0.4 is 4.80 Å². The molecule has 0 fully saturated rings. The fourth-order valence-corrected chi connectivity index (χ4v) is 2.59. The lowest BCUT2D eigenvalue weighted by Crippen LogP contribution is -2.23. The maximum Gasteiger partial charge on any atom is 0.253 e. The Morgan fingerprint density at radius 3 is 2.48 bits per heavy atom. The van der Waals surface area contributed by atoms with Gasteiger partial charge in [0, 0.05) is 28.2 Å². The van der Waals surface area contributed by atoms with Crippen LogP contribution in [0.4, 0.5) is 0 Å². The largest absolute Gasteiger partial charge is 0.276 e. The molecule has 2 aromatic rings. The van der Waals surface area contributed by atoms with E-state index in [1.54, 1.807) is 0 Å². The molecule has 0 spiro atoms. The van der Waals surface area contributed by atoms with Crippen molar-refractivity contribution in [2.75, 3.05) is 0 Å². The zero-order chi connectivity index (χ0) is 15.8. The van der Waals surface area contributed by atoms with E-state index < -0.39 is 5.41 Å². The van der Waals surface area contributed by atoms with Crippen molar-refractivity contribution in [2.45, 2.75) is 41.5 Å². The first-order valence-electron chi connectivity index (χ1n) is 6.78. The van der Waals surface area contributed by atoms with Crippen LogP contribution in [-0.4, -0.2) is 20.4 Å². The normalized spacial score (nSPS) is 12.8. The van der Waals surface area contributed by atoms with Crippen LogP contribution in [0, 0.1) is 26.2 Å². The topological polar surface area (TPSA) is 60.1 Å². The summed E-state index contributed by atoms with van der Waals surface area (Å²) in [6, 6.07) is 1.89. The number of nitrogens with zero attached hydrogens (tertiary/aromatic N) is 4. The molecule has 0 saturated carbocycles. The van der Waals surface area contributed by atoms with Crippen molar-refractivity contribution >= 4 is 17.2 Å². The molecule has 21 heavy (non-hydrogen) atoms. The van der Waals surface area contributed by atoms with Gasteiger partial charge in [-0.15, -0.1) is 11.3 Å². The third-order valence-corrected chi connectivity index (χ3v) is 3.71. The summed E-state index contributed by atoms with van der Waals surface area (Å²) < 4.78 is 1.85. The van der Waals surface area contributed by atoms with Crippen LogP contribution in [-0.2, 0) is 4.79 Å². The Labute approximate surface area is 128 Å². The standard InChI is InChI=1S/C15H20N4OS/c1-9-7-12(17-11(3)16-9)19-8-10(2)21-14(19)18-13(20)15(4,5)6/h7-8H,1-6H3. The Morgan fingerprint density at radius 2 is 1.90 bits per heavy atom. The maximum absolute atomic E-state index is 12.2. The van der Waals surface area contributed by atoms with E-state index in [1.165, 1.54) is 11.3 Å². The van der Waals surface area contributed by atoms with Crippen molar-refractivity contribution in [3.8, 4) is 5.82 Å². The summed E-state index contributed by atoms with van der Waals surface area (Å²) in [4.78, 5) is 26.9. The van der Waals surface area contributed by atoms with Gasteiger partial charge in [-0.1, -0.05) is 20.8 Å². The number of hydrogen-bond acceptors (Lipinski definition) is 4. The van der Waals surface area contributed by atoms with E-state index >= 15 is 0 Å². The molecule has 0 unspecified atom stereocenters. The van der Waals surface area contributed by atoms with Gasteiger partial charge in [0.25, 0.3) is 5.91 Å². The van der Waals surface area contributed by atoms with E-state index in [0.717, 1.165) is 16.4 Å². The minimum atomic E-state index is -0.493. The number of carbonyl (C=O) groups is 1. The van der Waals surface area contributed by atoms with Gasteiger partial charge < -0.3 is 0 Å². The summed E-state index contributed by atoms with van der Waals surface area (Å²) in [6.45, 7) is 11.4. The monoisotopic (exact) mass is 304 g/mol. The molecule has 0 radical (unpaired) electrons. The molecular weight excluding hydrogens is 284 g/mol. The first-order chi connectivity index (χ1) is 9.66. The number of hydrogen-bond donors (Lipinski definition) is 0. The Hall–Kier alpha value is -1.82. The number of carbonyl (C=O) groups excluding carboxylic acids is 1. The average Bonchev–Trinajstić information content (AvgIpc) is 2.67. The number of rotatable bonds is 1. The molecule has 2 aromatic heterocycles. The van der Waals surface area contributed by atoms with Gasteiger partial charge in [0.2, 0.25) is 0 Å². The predicted octanol–water partition coefficient (Wildman–Crippen LogP) is 2.73. The molecule has 2 heterocycles. The van der Waals surface area contributed by atoms with Crippen LogP contribution in [0.15, 0.2) is 17.3 Å². The molecule has 2 rings (SSSR count). The van der Waals surface area contributed by atoms with Crippen LogP contribution >= 0.6 is 11.3 Å². The zero-order valence-corrected chi connectivity index (χ0v) is 14.1. The number of aromatic nitrogens is 3. The van der Waals surface area contributed by atoms with Crippen molar-refractivity contribution in [3.63, 3.8) is 0 Å². The van der Waals surface area contributed by atoms with Gasteiger partial charge in [-0.05, 0) is 20.8 Å². The van der Waals surface area contributed by atoms with Gasteiger partial charge in [0.15, 0.2) is 4.80 Å². The van der Waals surface area contributed by atoms with Gasteiger partial charge in [0.1, 0.15) is 11.6 Å². The lowest BCUT2D eigenvalue weighted by Gasteiger charge is -2.11. The number of thiazole rings is 1. The zero-order valence-electron chi connectivity index (χ0n) is 13.3. The quantitative estimate of drug-likeness (QED) is 0.814. The highest BCUT2D eigenvalue weighted by Gasteiger charge is 2.21. The van der Waals surface area contributed by atoms with E-state index in [2.05, 4.69) is 15.0 Å². The van der Waals surface area contributed by atoms with Crippen LogP contribution in [0.5, 0.6) is 0 Å². The van der Waals surface area contributed by atoms with Gasteiger partial charge in [-0.25, -0.2) is 9.97 Å². The minimum Gasteiger partial charge on any atom is -0.276 e. The molecule has 112 valence electrons. The van der Waals surface area contributed by atoms with Gasteiger partial charge in [-0.2, -0.15) is 4.99 Å². The average molecular weight is 304 g/mol. The summed E-state index contributed by atoms with van der Waals surface area (Å²) in [6.07, 6.45) is 1.95. The van der Waals surface area contributed by atoms with Crippen LogP contribution in [0.2, 0.25) is 0 Å². The summed E-state index contributed by atoms with van der Waals surface area (Å²) in [7, 11) is 0. The predicted molar refractivity (Wildman–Crippen MR) is 83.5 cm³/mol. The highest BCUT2D eigenvalue weighted by atomic mass is 32.1. The molecule has 0 saturated heterocycles. The van der Waals surface area contributed by atoms with Crippen molar-refractivity contribution in [3.05, 3.63) is 33.5 Å². The highest BCUT2D eigenvalue weighted by Crippen LogP contribution is 2.15. The smallest absolute Gasteiger partial charge is 0.253 e. The van der Waals surface area contributed by atoms with E-state index in [1.807, 2.05) is 58.4 Å². The maximum atomic E-state index is 12.2. The second-order valence-electron chi connectivity index (χ2n) is 6.08. The molecule has 1 amide bonds. The molecule has 0 atom stereocenters. The van der Waals surface area contributed by atoms with E-state index in [-0.39, 0.29) is 5.91 Å². The minimum absolute atomic E-state index is 0.138. The molecule has 0 bridgehead atoms. The molecular formula is C15H20N4OS. The van der Waals surface area contributed by atoms with Crippen molar-refractivity contribution in [1.29, 1.82) is 0 Å². The van der Waals surface area contributed by atoms with Gasteiger partial charge >= 0.3 is 0 Å². The Morgan fingerprint density at radius 1 is 1.24 bits per heavy atom. The van der Waals surface area contributed by atoms with Crippen LogP contribution in [0.25, 0.3) is 5.82 Å². The van der Waals surface area contributed by atoms with E-state index in [0.29, 0.717) is 10.6 Å². The third kappa shape index (κ3) is 3.64. The molecule has 0 aromatic carbocycles. The van der Waals surface area contributed by atoms with Crippen LogP contribution in [0.1, 0.15) is 37.2 Å². The molecule has 0 aliphatic heterocycles. The van der Waals surface area contributed by atoms with Crippen molar-refractivity contribution < 1.29 is 4.79 Å². The molecule has 0 aliphatic rings. The van der Waals surface area contributed by atoms with Gasteiger partial charge in [0.05, 0.1) is 0 Å². The second-order valence-corrected chi connectivity index (χ2v) is 7.29. The second kappa shape index (κ2) is 5.52. The molecule has 6 heteroatoms. The first-order valence-corrected chi connectivity index (χ1v) is 7.59. The molecule has 5 nitrogen and oxygen atoms in total. The fourth-order valence-electron chi connectivity index (χ4n) is 1.77. The van der Waals surface area contributed by atoms with E-state index in [9.17, 15) is 4.79 Å². The van der Waals surface area contributed by atoms with Crippen LogP contribution in [0.3, 0.4) is 0 Å². The Balaban J connectivity index is 2.61. The SMILES string of the molecule is Cc1cc(-n2cc(C)sc2=NC(=O)C(C)(C)C)nc(C)n1. The summed E-state index contributed by atoms with van der Waals surface area (Å²) in [5, 5.41) is 0.